The Balaban J connectivity index is 1.55. The largest absolute Gasteiger partial charge is 0.476 e. The van der Waals surface area contributed by atoms with Crippen LogP contribution in [0.2, 0.25) is 0 Å². The number of nitrogens with zero attached hydrogens (tertiary/aromatic N) is 3. The van der Waals surface area contributed by atoms with E-state index in [0.29, 0.717) is 6.04 Å². The van der Waals surface area contributed by atoms with Crippen LogP contribution in [0, 0.1) is 0 Å². The minimum absolute atomic E-state index is 0.0712. The monoisotopic (exact) mass is 333 g/mol. The van der Waals surface area contributed by atoms with Crippen molar-refractivity contribution in [3.05, 3.63) is 17.0 Å². The van der Waals surface area contributed by atoms with Gasteiger partial charge in [0.25, 0.3) is 0 Å². The average Bonchev–Trinajstić information content (AvgIpc) is 3.19. The van der Waals surface area contributed by atoms with E-state index < -0.39 is 5.97 Å². The van der Waals surface area contributed by atoms with E-state index in [1.165, 1.54) is 25.7 Å². The SMILES string of the molecule is CCn1nc(C(=O)O)c2c1CCC(N1CCOC3(CCCC3)C1)C2. The maximum atomic E-state index is 11.6. The van der Waals surface area contributed by atoms with Gasteiger partial charge in [-0.05, 0) is 39.0 Å². The van der Waals surface area contributed by atoms with Crippen LogP contribution < -0.4 is 0 Å². The number of aromatic carboxylic acids is 1. The van der Waals surface area contributed by atoms with E-state index in [-0.39, 0.29) is 11.3 Å². The number of morpholine rings is 1. The van der Waals surface area contributed by atoms with Crippen molar-refractivity contribution in [2.45, 2.75) is 70.1 Å². The number of carbonyl (C=O) groups is 1. The van der Waals surface area contributed by atoms with Crippen molar-refractivity contribution in [2.24, 2.45) is 0 Å². The standard InChI is InChI=1S/C18H27N3O3/c1-2-21-15-6-5-13(11-14(15)16(19-21)17(22)23)20-9-10-24-18(12-20)7-3-4-8-18/h13H,2-12H2,1H3,(H,22,23). The number of ether oxygens (including phenoxy) is 1. The lowest BCUT2D eigenvalue weighted by atomic mass is 9.88. The van der Waals surface area contributed by atoms with Crippen molar-refractivity contribution >= 4 is 5.97 Å². The van der Waals surface area contributed by atoms with Crippen LogP contribution in [0.3, 0.4) is 0 Å². The van der Waals surface area contributed by atoms with Crippen LogP contribution in [0.5, 0.6) is 0 Å². The molecule has 6 nitrogen and oxygen atoms in total. The highest BCUT2D eigenvalue weighted by Crippen LogP contribution is 2.38. The summed E-state index contributed by atoms with van der Waals surface area (Å²) in [5.74, 6) is -0.895. The first kappa shape index (κ1) is 16.1. The summed E-state index contributed by atoms with van der Waals surface area (Å²) in [6.45, 7) is 5.55. The molecule has 0 amide bonds. The predicted molar refractivity (Wildman–Crippen MR) is 89.4 cm³/mol. The fourth-order valence-electron chi connectivity index (χ4n) is 4.92. The van der Waals surface area contributed by atoms with Crippen molar-refractivity contribution in [1.82, 2.24) is 14.7 Å². The fraction of sp³-hybridized carbons (Fsp3) is 0.778. The summed E-state index contributed by atoms with van der Waals surface area (Å²) < 4.78 is 8.03. The first-order valence-corrected chi connectivity index (χ1v) is 9.32. The summed E-state index contributed by atoms with van der Waals surface area (Å²) in [7, 11) is 0. The van der Waals surface area contributed by atoms with Crippen LogP contribution in [0.25, 0.3) is 0 Å². The number of hydrogen-bond donors (Lipinski definition) is 1. The second kappa shape index (κ2) is 6.15. The van der Waals surface area contributed by atoms with Gasteiger partial charge in [-0.1, -0.05) is 12.8 Å². The fourth-order valence-corrected chi connectivity index (χ4v) is 4.92. The molecule has 1 atom stereocenters. The Morgan fingerprint density at radius 3 is 2.92 bits per heavy atom. The van der Waals surface area contributed by atoms with E-state index in [4.69, 9.17) is 4.74 Å². The number of carboxylic acid groups (broad SMARTS) is 1. The Morgan fingerprint density at radius 1 is 1.42 bits per heavy atom. The molecule has 2 heterocycles. The summed E-state index contributed by atoms with van der Waals surface area (Å²) in [4.78, 5) is 14.1. The van der Waals surface area contributed by atoms with Crippen LogP contribution in [-0.4, -0.2) is 57.1 Å². The summed E-state index contributed by atoms with van der Waals surface area (Å²) in [5.41, 5.74) is 2.44. The van der Waals surface area contributed by atoms with Crippen molar-refractivity contribution in [3.8, 4) is 0 Å². The molecular formula is C18H27N3O3. The van der Waals surface area contributed by atoms with E-state index in [0.717, 1.165) is 56.8 Å². The van der Waals surface area contributed by atoms with Gasteiger partial charge in [-0.3, -0.25) is 9.58 Å². The zero-order valence-corrected chi connectivity index (χ0v) is 14.5. The molecular weight excluding hydrogens is 306 g/mol. The maximum absolute atomic E-state index is 11.6. The van der Waals surface area contributed by atoms with E-state index in [1.807, 2.05) is 11.6 Å². The van der Waals surface area contributed by atoms with Crippen LogP contribution in [0.4, 0.5) is 0 Å². The van der Waals surface area contributed by atoms with Crippen LogP contribution in [0.1, 0.15) is 60.8 Å². The predicted octanol–water partition coefficient (Wildman–Crippen LogP) is 2.10. The Hall–Kier alpha value is -1.40. The molecule has 132 valence electrons. The second-order valence-electron chi connectivity index (χ2n) is 7.50. The highest BCUT2D eigenvalue weighted by atomic mass is 16.5. The van der Waals surface area contributed by atoms with Gasteiger partial charge in [-0.2, -0.15) is 5.10 Å². The summed E-state index contributed by atoms with van der Waals surface area (Å²) >= 11 is 0. The molecule has 0 radical (unpaired) electrons. The maximum Gasteiger partial charge on any atom is 0.356 e. The van der Waals surface area contributed by atoms with Crippen molar-refractivity contribution in [3.63, 3.8) is 0 Å². The Morgan fingerprint density at radius 2 is 2.21 bits per heavy atom. The van der Waals surface area contributed by atoms with E-state index >= 15 is 0 Å². The third-order valence-electron chi connectivity index (χ3n) is 6.13. The number of hydrogen-bond acceptors (Lipinski definition) is 4. The topological polar surface area (TPSA) is 67.6 Å². The lowest BCUT2D eigenvalue weighted by molar-refractivity contribution is -0.115. The first-order valence-electron chi connectivity index (χ1n) is 9.32. The lowest BCUT2D eigenvalue weighted by Crippen LogP contribution is -2.54. The number of aryl methyl sites for hydroxylation is 1. The molecule has 0 bridgehead atoms. The molecule has 24 heavy (non-hydrogen) atoms. The molecule has 1 saturated heterocycles. The van der Waals surface area contributed by atoms with Gasteiger partial charge in [0.15, 0.2) is 5.69 Å². The van der Waals surface area contributed by atoms with E-state index in [1.54, 1.807) is 0 Å². The van der Waals surface area contributed by atoms with Gasteiger partial charge in [-0.15, -0.1) is 0 Å². The zero-order chi connectivity index (χ0) is 16.7. The van der Waals surface area contributed by atoms with Crippen molar-refractivity contribution in [1.29, 1.82) is 0 Å². The Labute approximate surface area is 142 Å². The van der Waals surface area contributed by atoms with Gasteiger partial charge < -0.3 is 9.84 Å². The van der Waals surface area contributed by atoms with Crippen LogP contribution in [-0.2, 0) is 24.1 Å². The van der Waals surface area contributed by atoms with Crippen LogP contribution in [0.15, 0.2) is 0 Å². The van der Waals surface area contributed by atoms with Gasteiger partial charge >= 0.3 is 5.97 Å². The molecule has 2 aliphatic carbocycles. The van der Waals surface area contributed by atoms with E-state index in [9.17, 15) is 9.90 Å². The summed E-state index contributed by atoms with van der Waals surface area (Å²) in [6.07, 6.45) is 7.73. The molecule has 4 rings (SSSR count). The van der Waals surface area contributed by atoms with Gasteiger partial charge in [0.1, 0.15) is 0 Å². The second-order valence-corrected chi connectivity index (χ2v) is 7.50. The van der Waals surface area contributed by atoms with Gasteiger partial charge in [0.2, 0.25) is 0 Å². The zero-order valence-electron chi connectivity index (χ0n) is 14.5. The highest BCUT2D eigenvalue weighted by molar-refractivity contribution is 5.87. The van der Waals surface area contributed by atoms with E-state index in [2.05, 4.69) is 10.00 Å². The highest BCUT2D eigenvalue weighted by Gasteiger charge is 2.42. The molecule has 1 spiro atoms. The molecule has 1 aliphatic heterocycles. The molecule has 0 aromatic carbocycles. The van der Waals surface area contributed by atoms with Gasteiger partial charge in [-0.25, -0.2) is 4.79 Å². The molecule has 1 saturated carbocycles. The lowest BCUT2D eigenvalue weighted by Gasteiger charge is -2.45. The minimum atomic E-state index is -0.895. The Bertz CT molecular complexity index is 634. The Kier molecular flexibility index (Phi) is 4.12. The smallest absolute Gasteiger partial charge is 0.356 e. The molecule has 2 fully saturated rings. The summed E-state index contributed by atoms with van der Waals surface area (Å²) in [5, 5.41) is 13.8. The molecule has 1 unspecified atom stereocenters. The number of carboxylic acids is 1. The number of fused-ring (bicyclic) bond motifs is 1. The molecule has 1 aromatic heterocycles. The quantitative estimate of drug-likeness (QED) is 0.917. The van der Waals surface area contributed by atoms with Crippen LogP contribution >= 0.6 is 0 Å². The molecule has 1 N–H and O–H groups in total. The third-order valence-corrected chi connectivity index (χ3v) is 6.13. The molecule has 3 aliphatic rings. The van der Waals surface area contributed by atoms with Crippen molar-refractivity contribution in [2.75, 3.05) is 19.7 Å². The molecule has 1 aromatic rings. The van der Waals surface area contributed by atoms with Gasteiger partial charge in [0.05, 0.1) is 12.2 Å². The number of rotatable bonds is 3. The molecule has 6 heteroatoms. The number of aromatic nitrogens is 2. The normalized spacial score (nSPS) is 26.6. The van der Waals surface area contributed by atoms with Gasteiger partial charge in [0, 0.05) is 36.9 Å². The third kappa shape index (κ3) is 2.65. The average molecular weight is 333 g/mol. The minimum Gasteiger partial charge on any atom is -0.476 e. The van der Waals surface area contributed by atoms with Crippen molar-refractivity contribution < 1.29 is 14.6 Å². The first-order chi connectivity index (χ1) is 11.6. The summed E-state index contributed by atoms with van der Waals surface area (Å²) in [6, 6.07) is 0.423.